The first-order chi connectivity index (χ1) is 5.22. The second-order valence-corrected chi connectivity index (χ2v) is 2.36. The predicted molar refractivity (Wildman–Crippen MR) is 44.1 cm³/mol. The first-order valence-electron chi connectivity index (χ1n) is 3.49. The molecule has 1 unspecified atom stereocenters. The van der Waals surface area contributed by atoms with E-state index in [0.717, 1.165) is 5.57 Å². The number of hydrogen-bond donors (Lipinski definition) is 1. The fraction of sp³-hybridized carbons (Fsp3) is 0.625. The SMILES string of the molecule is C=C(C)C(C#N)NCCOC. The van der Waals surface area contributed by atoms with E-state index in [4.69, 9.17) is 10.00 Å². The molecular formula is C8H14N2O. The van der Waals surface area contributed by atoms with Gasteiger partial charge in [0.05, 0.1) is 12.7 Å². The van der Waals surface area contributed by atoms with Gasteiger partial charge in [-0.3, -0.25) is 5.32 Å². The average Bonchev–Trinajstić information content (AvgIpc) is 1.97. The van der Waals surface area contributed by atoms with Crippen LogP contribution in [0.1, 0.15) is 6.92 Å². The summed E-state index contributed by atoms with van der Waals surface area (Å²) in [7, 11) is 1.63. The van der Waals surface area contributed by atoms with Gasteiger partial charge in [-0.15, -0.1) is 0 Å². The second-order valence-electron chi connectivity index (χ2n) is 2.36. The molecule has 1 atom stereocenters. The van der Waals surface area contributed by atoms with E-state index < -0.39 is 0 Å². The van der Waals surface area contributed by atoms with Crippen LogP contribution in [-0.4, -0.2) is 26.3 Å². The van der Waals surface area contributed by atoms with Crippen LogP contribution in [-0.2, 0) is 4.74 Å². The maximum atomic E-state index is 8.58. The Kier molecular flexibility index (Phi) is 5.44. The van der Waals surface area contributed by atoms with Crippen molar-refractivity contribution >= 4 is 0 Å². The molecule has 1 N–H and O–H groups in total. The van der Waals surface area contributed by atoms with Crippen molar-refractivity contribution in [2.75, 3.05) is 20.3 Å². The van der Waals surface area contributed by atoms with E-state index in [0.29, 0.717) is 13.2 Å². The maximum Gasteiger partial charge on any atom is 0.116 e. The lowest BCUT2D eigenvalue weighted by atomic mass is 10.2. The van der Waals surface area contributed by atoms with Crippen LogP contribution in [0.3, 0.4) is 0 Å². The molecule has 0 fully saturated rings. The minimum atomic E-state index is -0.245. The molecule has 0 aromatic carbocycles. The largest absolute Gasteiger partial charge is 0.383 e. The molecule has 0 radical (unpaired) electrons. The van der Waals surface area contributed by atoms with Crippen LogP contribution in [0.15, 0.2) is 12.2 Å². The van der Waals surface area contributed by atoms with E-state index in [-0.39, 0.29) is 6.04 Å². The molecule has 0 saturated carbocycles. The van der Waals surface area contributed by atoms with Gasteiger partial charge < -0.3 is 4.74 Å². The van der Waals surface area contributed by atoms with Crippen molar-refractivity contribution in [2.45, 2.75) is 13.0 Å². The summed E-state index contributed by atoms with van der Waals surface area (Å²) in [5, 5.41) is 11.6. The van der Waals surface area contributed by atoms with Crippen LogP contribution in [0.5, 0.6) is 0 Å². The summed E-state index contributed by atoms with van der Waals surface area (Å²) >= 11 is 0. The number of nitrogens with one attached hydrogen (secondary N) is 1. The van der Waals surface area contributed by atoms with Crippen molar-refractivity contribution in [1.29, 1.82) is 5.26 Å². The van der Waals surface area contributed by atoms with Gasteiger partial charge >= 0.3 is 0 Å². The van der Waals surface area contributed by atoms with Gasteiger partial charge in [0.2, 0.25) is 0 Å². The smallest absolute Gasteiger partial charge is 0.116 e. The van der Waals surface area contributed by atoms with Crippen LogP contribution in [0.25, 0.3) is 0 Å². The van der Waals surface area contributed by atoms with Crippen LogP contribution in [0.2, 0.25) is 0 Å². The van der Waals surface area contributed by atoms with Crippen LogP contribution < -0.4 is 5.32 Å². The molecule has 11 heavy (non-hydrogen) atoms. The van der Waals surface area contributed by atoms with Gasteiger partial charge in [-0.1, -0.05) is 6.58 Å². The monoisotopic (exact) mass is 154 g/mol. The first kappa shape index (κ1) is 10.2. The topological polar surface area (TPSA) is 45.0 Å². The van der Waals surface area contributed by atoms with Gasteiger partial charge in [-0.2, -0.15) is 5.26 Å². The summed E-state index contributed by atoms with van der Waals surface area (Å²) in [4.78, 5) is 0. The molecule has 0 saturated heterocycles. The third kappa shape index (κ3) is 4.54. The second kappa shape index (κ2) is 5.90. The van der Waals surface area contributed by atoms with Gasteiger partial charge in [-0.25, -0.2) is 0 Å². The molecule has 0 spiro atoms. The van der Waals surface area contributed by atoms with Crippen molar-refractivity contribution in [3.8, 4) is 6.07 Å². The summed E-state index contributed by atoms with van der Waals surface area (Å²) in [5.41, 5.74) is 0.837. The zero-order chi connectivity index (χ0) is 8.69. The summed E-state index contributed by atoms with van der Waals surface area (Å²) < 4.78 is 4.81. The van der Waals surface area contributed by atoms with Crippen LogP contribution >= 0.6 is 0 Å². The van der Waals surface area contributed by atoms with Gasteiger partial charge in [0.1, 0.15) is 6.04 Å². The molecular weight excluding hydrogens is 140 g/mol. The lowest BCUT2D eigenvalue weighted by Crippen LogP contribution is -2.31. The van der Waals surface area contributed by atoms with E-state index in [1.165, 1.54) is 0 Å². The molecule has 62 valence electrons. The van der Waals surface area contributed by atoms with Gasteiger partial charge in [0, 0.05) is 13.7 Å². The Labute approximate surface area is 67.7 Å². The molecule has 0 aromatic rings. The van der Waals surface area contributed by atoms with Crippen molar-refractivity contribution in [3.05, 3.63) is 12.2 Å². The lowest BCUT2D eigenvalue weighted by molar-refractivity contribution is 0.199. The highest BCUT2D eigenvalue weighted by atomic mass is 16.5. The molecule has 0 bridgehead atoms. The highest BCUT2D eigenvalue weighted by Crippen LogP contribution is 1.94. The summed E-state index contributed by atoms with van der Waals surface area (Å²) in [6.45, 7) is 6.80. The van der Waals surface area contributed by atoms with Crippen molar-refractivity contribution in [1.82, 2.24) is 5.32 Å². The molecule has 0 heterocycles. The van der Waals surface area contributed by atoms with Gasteiger partial charge in [0.25, 0.3) is 0 Å². The summed E-state index contributed by atoms with van der Waals surface area (Å²) in [6, 6.07) is 1.85. The zero-order valence-electron chi connectivity index (χ0n) is 7.05. The molecule has 0 rings (SSSR count). The molecule has 0 aliphatic carbocycles. The Bertz CT molecular complexity index is 160. The Balaban J connectivity index is 3.55. The van der Waals surface area contributed by atoms with E-state index in [1.807, 2.05) is 6.92 Å². The highest BCUT2D eigenvalue weighted by molar-refractivity contribution is 5.12. The van der Waals surface area contributed by atoms with E-state index in [9.17, 15) is 0 Å². The van der Waals surface area contributed by atoms with Crippen molar-refractivity contribution in [3.63, 3.8) is 0 Å². The number of ether oxygens (including phenoxy) is 1. The van der Waals surface area contributed by atoms with Crippen molar-refractivity contribution in [2.24, 2.45) is 0 Å². The Morgan fingerprint density at radius 3 is 2.82 bits per heavy atom. The van der Waals surface area contributed by atoms with E-state index in [2.05, 4.69) is 18.0 Å². The molecule has 0 aliphatic heterocycles. The average molecular weight is 154 g/mol. The number of rotatable bonds is 5. The van der Waals surface area contributed by atoms with Gasteiger partial charge in [0.15, 0.2) is 0 Å². The first-order valence-corrected chi connectivity index (χ1v) is 3.49. The normalized spacial score (nSPS) is 12.1. The third-order valence-electron chi connectivity index (χ3n) is 1.28. The standard InChI is InChI=1S/C8H14N2O/c1-7(2)8(6-9)10-4-5-11-3/h8,10H,1,4-5H2,2-3H3. The Morgan fingerprint density at radius 2 is 2.45 bits per heavy atom. The third-order valence-corrected chi connectivity index (χ3v) is 1.28. The molecule has 3 nitrogen and oxygen atoms in total. The molecule has 0 aromatic heterocycles. The van der Waals surface area contributed by atoms with E-state index >= 15 is 0 Å². The van der Waals surface area contributed by atoms with Gasteiger partial charge in [-0.05, 0) is 12.5 Å². The highest BCUT2D eigenvalue weighted by Gasteiger charge is 2.04. The fourth-order valence-corrected chi connectivity index (χ4v) is 0.635. The van der Waals surface area contributed by atoms with Crippen LogP contribution in [0, 0.1) is 11.3 Å². The number of nitriles is 1. The summed E-state index contributed by atoms with van der Waals surface area (Å²) in [6.07, 6.45) is 0. The minimum Gasteiger partial charge on any atom is -0.383 e. The van der Waals surface area contributed by atoms with E-state index in [1.54, 1.807) is 7.11 Å². The quantitative estimate of drug-likeness (QED) is 0.468. The summed E-state index contributed by atoms with van der Waals surface area (Å²) in [5.74, 6) is 0. The number of methoxy groups -OCH3 is 1. The number of nitrogens with zero attached hydrogens (tertiary/aromatic N) is 1. The number of hydrogen-bond acceptors (Lipinski definition) is 3. The Hall–Kier alpha value is -0.850. The molecule has 0 aliphatic rings. The maximum absolute atomic E-state index is 8.58. The molecule has 3 heteroatoms. The van der Waals surface area contributed by atoms with Crippen molar-refractivity contribution < 1.29 is 4.74 Å². The fourth-order valence-electron chi connectivity index (χ4n) is 0.635. The zero-order valence-corrected chi connectivity index (χ0v) is 7.05. The van der Waals surface area contributed by atoms with Crippen LogP contribution in [0.4, 0.5) is 0 Å². The predicted octanol–water partition coefficient (Wildman–Crippen LogP) is 0.691. The lowest BCUT2D eigenvalue weighted by Gasteiger charge is -2.09. The Morgan fingerprint density at radius 1 is 1.82 bits per heavy atom. The molecule has 0 amide bonds. The minimum absolute atomic E-state index is 0.245.